The van der Waals surface area contributed by atoms with Crippen LogP contribution in [0.2, 0.25) is 15.3 Å². The zero-order valence-corrected chi connectivity index (χ0v) is 14.9. The number of nitrogens with zero attached hydrogens (tertiary/aromatic N) is 2. The first-order valence-corrected chi connectivity index (χ1v) is 8.67. The van der Waals surface area contributed by atoms with Crippen molar-refractivity contribution in [2.24, 2.45) is 0 Å². The van der Waals surface area contributed by atoms with Gasteiger partial charge in [0.15, 0.2) is 5.82 Å². The van der Waals surface area contributed by atoms with Crippen LogP contribution < -0.4 is 0 Å². The Morgan fingerprint density at radius 2 is 1.62 bits per heavy atom. The van der Waals surface area contributed by atoms with Crippen molar-refractivity contribution in [3.05, 3.63) is 43.6 Å². The van der Waals surface area contributed by atoms with E-state index in [-0.39, 0.29) is 0 Å². The molecule has 2 aromatic rings. The summed E-state index contributed by atoms with van der Waals surface area (Å²) in [5, 5.41) is 1.44. The summed E-state index contributed by atoms with van der Waals surface area (Å²) >= 11 is 22.4. The number of halogens is 4. The summed E-state index contributed by atoms with van der Waals surface area (Å²) in [6.45, 7) is 0. The molecule has 1 aromatic carbocycles. The maximum absolute atomic E-state index is 6.37. The van der Waals surface area contributed by atoms with Crippen LogP contribution in [0.5, 0.6) is 0 Å². The number of aromatic nitrogens is 2. The van der Waals surface area contributed by atoms with Gasteiger partial charge in [0.25, 0.3) is 0 Å². The van der Waals surface area contributed by atoms with Crippen LogP contribution in [-0.4, -0.2) is 9.97 Å². The first-order chi connectivity index (χ1) is 10.1. The molecule has 1 fully saturated rings. The standard InChI is InChI=1S/C15H12BrCl3N2/c16-9-5-6-11(17)10(7-9)15-20-13(18)12(14(19)21-15)8-3-1-2-4-8/h5-8H,1-4H2. The molecule has 2 nitrogen and oxygen atoms in total. The SMILES string of the molecule is Clc1ccc(Br)cc1-c1nc(Cl)c(C2CCCC2)c(Cl)n1. The summed E-state index contributed by atoms with van der Waals surface area (Å²) in [6.07, 6.45) is 4.60. The van der Waals surface area contributed by atoms with Crippen molar-refractivity contribution in [2.45, 2.75) is 31.6 Å². The molecule has 3 rings (SSSR count). The predicted molar refractivity (Wildman–Crippen MR) is 91.4 cm³/mol. The van der Waals surface area contributed by atoms with E-state index >= 15 is 0 Å². The summed E-state index contributed by atoms with van der Waals surface area (Å²) in [5.41, 5.74) is 1.60. The van der Waals surface area contributed by atoms with E-state index in [1.807, 2.05) is 12.1 Å². The highest BCUT2D eigenvalue weighted by Crippen LogP contribution is 2.41. The molecule has 0 atom stereocenters. The second-order valence-corrected chi connectivity index (χ2v) is 7.19. The molecular weight excluding hydrogens is 394 g/mol. The molecule has 0 N–H and O–H groups in total. The van der Waals surface area contributed by atoms with Crippen LogP contribution in [-0.2, 0) is 0 Å². The van der Waals surface area contributed by atoms with Gasteiger partial charge in [0.1, 0.15) is 10.3 Å². The van der Waals surface area contributed by atoms with Crippen molar-refractivity contribution < 1.29 is 0 Å². The Morgan fingerprint density at radius 1 is 1.00 bits per heavy atom. The van der Waals surface area contributed by atoms with Crippen LogP contribution in [0.1, 0.15) is 37.2 Å². The Morgan fingerprint density at radius 3 is 2.24 bits per heavy atom. The molecule has 0 bridgehead atoms. The molecule has 1 aliphatic carbocycles. The van der Waals surface area contributed by atoms with E-state index in [0.29, 0.717) is 32.6 Å². The Hall–Kier alpha value is -0.350. The second-order valence-electron chi connectivity index (χ2n) is 5.15. The molecule has 1 aromatic heterocycles. The van der Waals surface area contributed by atoms with Gasteiger partial charge in [-0.05, 0) is 37.0 Å². The van der Waals surface area contributed by atoms with E-state index in [9.17, 15) is 0 Å². The van der Waals surface area contributed by atoms with Crippen LogP contribution in [0.3, 0.4) is 0 Å². The van der Waals surface area contributed by atoms with Gasteiger partial charge < -0.3 is 0 Å². The third-order valence-corrected chi connectivity index (χ3v) is 5.18. The lowest BCUT2D eigenvalue weighted by Crippen LogP contribution is -2.02. The lowest BCUT2D eigenvalue weighted by Gasteiger charge is -2.14. The van der Waals surface area contributed by atoms with E-state index in [4.69, 9.17) is 34.8 Å². The highest BCUT2D eigenvalue weighted by molar-refractivity contribution is 9.10. The van der Waals surface area contributed by atoms with Gasteiger partial charge in [-0.15, -0.1) is 0 Å². The molecular formula is C15H12BrCl3N2. The number of rotatable bonds is 2. The molecule has 110 valence electrons. The fourth-order valence-electron chi connectivity index (χ4n) is 2.76. The third kappa shape index (κ3) is 3.21. The number of hydrogen-bond acceptors (Lipinski definition) is 2. The Kier molecular flexibility index (Phi) is 4.75. The largest absolute Gasteiger partial charge is 0.216 e. The summed E-state index contributed by atoms with van der Waals surface area (Å²) in [7, 11) is 0. The summed E-state index contributed by atoms with van der Waals surface area (Å²) < 4.78 is 0.901. The molecule has 0 saturated heterocycles. The molecule has 0 radical (unpaired) electrons. The van der Waals surface area contributed by atoms with Gasteiger partial charge in [-0.1, -0.05) is 63.6 Å². The molecule has 1 saturated carbocycles. The lowest BCUT2D eigenvalue weighted by atomic mass is 10.0. The Bertz CT molecular complexity index is 662. The highest BCUT2D eigenvalue weighted by Gasteiger charge is 2.25. The summed E-state index contributed by atoms with van der Waals surface area (Å²) in [5.74, 6) is 0.829. The Labute approximate surface area is 147 Å². The first kappa shape index (κ1) is 15.5. The molecule has 1 aliphatic rings. The van der Waals surface area contributed by atoms with Gasteiger partial charge in [0.2, 0.25) is 0 Å². The van der Waals surface area contributed by atoms with Crippen LogP contribution in [0.15, 0.2) is 22.7 Å². The fraction of sp³-hybridized carbons (Fsp3) is 0.333. The maximum Gasteiger partial charge on any atom is 0.164 e. The molecule has 0 unspecified atom stereocenters. The van der Waals surface area contributed by atoms with Gasteiger partial charge in [-0.25, -0.2) is 9.97 Å². The predicted octanol–water partition coefficient (Wildman–Crippen LogP) is 6.52. The average Bonchev–Trinajstić information content (AvgIpc) is 2.94. The van der Waals surface area contributed by atoms with Crippen LogP contribution in [0, 0.1) is 0 Å². The monoisotopic (exact) mass is 404 g/mol. The highest BCUT2D eigenvalue weighted by atomic mass is 79.9. The smallest absolute Gasteiger partial charge is 0.164 e. The van der Waals surface area contributed by atoms with Crippen LogP contribution in [0.25, 0.3) is 11.4 Å². The molecule has 0 aliphatic heterocycles. The van der Waals surface area contributed by atoms with E-state index in [2.05, 4.69) is 25.9 Å². The summed E-state index contributed by atoms with van der Waals surface area (Å²) in [4.78, 5) is 8.83. The van der Waals surface area contributed by atoms with Crippen molar-refractivity contribution in [2.75, 3.05) is 0 Å². The van der Waals surface area contributed by atoms with Crippen LogP contribution in [0.4, 0.5) is 0 Å². The molecule has 0 amide bonds. The topological polar surface area (TPSA) is 25.8 Å². The maximum atomic E-state index is 6.37. The fourth-order valence-corrected chi connectivity index (χ4v) is 4.02. The Balaban J connectivity index is 2.07. The quantitative estimate of drug-likeness (QED) is 0.530. The van der Waals surface area contributed by atoms with E-state index in [1.54, 1.807) is 6.07 Å². The number of hydrogen-bond donors (Lipinski definition) is 0. The average molecular weight is 407 g/mol. The second kappa shape index (κ2) is 6.41. The van der Waals surface area contributed by atoms with Gasteiger partial charge >= 0.3 is 0 Å². The van der Waals surface area contributed by atoms with Crippen molar-refractivity contribution in [3.8, 4) is 11.4 Å². The third-order valence-electron chi connectivity index (χ3n) is 3.79. The van der Waals surface area contributed by atoms with Gasteiger partial charge in [-0.2, -0.15) is 0 Å². The van der Waals surface area contributed by atoms with Crippen molar-refractivity contribution in [1.29, 1.82) is 0 Å². The molecule has 6 heteroatoms. The zero-order valence-electron chi connectivity index (χ0n) is 11.0. The minimum atomic E-state index is 0.372. The van der Waals surface area contributed by atoms with Crippen molar-refractivity contribution in [3.63, 3.8) is 0 Å². The molecule has 21 heavy (non-hydrogen) atoms. The normalized spacial score (nSPS) is 15.6. The zero-order chi connectivity index (χ0) is 15.0. The first-order valence-electron chi connectivity index (χ1n) is 6.74. The lowest BCUT2D eigenvalue weighted by molar-refractivity contribution is 0.715. The summed E-state index contributed by atoms with van der Waals surface area (Å²) in [6, 6.07) is 5.51. The minimum absolute atomic E-state index is 0.372. The molecule has 0 spiro atoms. The van der Waals surface area contributed by atoms with Crippen molar-refractivity contribution >= 4 is 50.7 Å². The van der Waals surface area contributed by atoms with E-state index in [1.165, 1.54) is 12.8 Å². The van der Waals surface area contributed by atoms with E-state index in [0.717, 1.165) is 22.9 Å². The van der Waals surface area contributed by atoms with Crippen molar-refractivity contribution in [1.82, 2.24) is 9.97 Å². The van der Waals surface area contributed by atoms with Gasteiger partial charge in [0, 0.05) is 15.6 Å². The van der Waals surface area contributed by atoms with Gasteiger partial charge in [-0.3, -0.25) is 0 Å². The van der Waals surface area contributed by atoms with Gasteiger partial charge in [0.05, 0.1) is 5.02 Å². The van der Waals surface area contributed by atoms with E-state index < -0.39 is 0 Å². The molecule has 1 heterocycles. The minimum Gasteiger partial charge on any atom is -0.216 e. The number of benzene rings is 1. The van der Waals surface area contributed by atoms with Crippen LogP contribution >= 0.6 is 50.7 Å².